The Bertz CT molecular complexity index is 427. The van der Waals surface area contributed by atoms with Crippen LogP contribution in [0, 0.1) is 11.6 Å². The molecule has 3 nitrogen and oxygen atoms in total. The minimum Gasteiger partial charge on any atom is -0.467 e. The van der Waals surface area contributed by atoms with E-state index in [2.05, 4.69) is 4.74 Å². The van der Waals surface area contributed by atoms with Gasteiger partial charge in [0.1, 0.15) is 17.2 Å². The van der Waals surface area contributed by atoms with Crippen molar-refractivity contribution in [1.82, 2.24) is 0 Å². The van der Waals surface area contributed by atoms with Gasteiger partial charge in [0, 0.05) is 6.07 Å². The fourth-order valence-corrected chi connectivity index (χ4v) is 1.65. The van der Waals surface area contributed by atoms with Crippen molar-refractivity contribution >= 4 is 5.97 Å². The van der Waals surface area contributed by atoms with Crippen molar-refractivity contribution in [3.63, 3.8) is 0 Å². The Morgan fingerprint density at radius 1 is 1.38 bits per heavy atom. The summed E-state index contributed by atoms with van der Waals surface area (Å²) in [5.41, 5.74) is -0.698. The van der Waals surface area contributed by atoms with E-state index in [-0.39, 0.29) is 0 Å². The first-order chi connectivity index (χ1) is 7.47. The molecule has 1 aromatic rings. The summed E-state index contributed by atoms with van der Waals surface area (Å²) in [6.45, 7) is 1.59. The van der Waals surface area contributed by atoms with Crippen LogP contribution in [0.5, 0.6) is 0 Å². The van der Waals surface area contributed by atoms with Crippen LogP contribution in [0.3, 0.4) is 0 Å². The van der Waals surface area contributed by atoms with E-state index in [0.717, 1.165) is 18.2 Å². The maximum Gasteiger partial charge on any atom is 0.338 e. The summed E-state index contributed by atoms with van der Waals surface area (Å²) < 4.78 is 35.6. The Morgan fingerprint density at radius 3 is 2.44 bits per heavy atom. The standard InChI is InChI=1S/C11H10F2O3/c1-11(9(16-11)10(14)15-2)6-3-7(12)5-8(13)4-6/h3-5,9H,1-2H3. The Kier molecular flexibility index (Phi) is 2.42. The van der Waals surface area contributed by atoms with Gasteiger partial charge in [-0.1, -0.05) is 0 Å². The van der Waals surface area contributed by atoms with Gasteiger partial charge in [-0.15, -0.1) is 0 Å². The zero-order valence-electron chi connectivity index (χ0n) is 8.79. The molecule has 1 heterocycles. The monoisotopic (exact) mass is 228 g/mol. The molecule has 2 unspecified atom stereocenters. The van der Waals surface area contributed by atoms with Crippen molar-refractivity contribution in [3.05, 3.63) is 35.4 Å². The highest BCUT2D eigenvalue weighted by molar-refractivity contribution is 5.79. The first-order valence-corrected chi connectivity index (χ1v) is 4.69. The van der Waals surface area contributed by atoms with Crippen LogP contribution in [0.2, 0.25) is 0 Å². The molecule has 2 rings (SSSR count). The third-order valence-corrected chi connectivity index (χ3v) is 2.66. The minimum atomic E-state index is -0.990. The van der Waals surface area contributed by atoms with E-state index in [4.69, 9.17) is 4.74 Å². The van der Waals surface area contributed by atoms with Crippen molar-refractivity contribution in [3.8, 4) is 0 Å². The van der Waals surface area contributed by atoms with Crippen molar-refractivity contribution in [1.29, 1.82) is 0 Å². The van der Waals surface area contributed by atoms with E-state index in [1.54, 1.807) is 6.92 Å². The minimum absolute atomic E-state index is 0.292. The summed E-state index contributed by atoms with van der Waals surface area (Å²) in [6, 6.07) is 3.06. The van der Waals surface area contributed by atoms with E-state index in [1.807, 2.05) is 0 Å². The van der Waals surface area contributed by atoms with Crippen molar-refractivity contribution < 1.29 is 23.0 Å². The summed E-state index contributed by atoms with van der Waals surface area (Å²) in [7, 11) is 1.23. The van der Waals surface area contributed by atoms with Gasteiger partial charge < -0.3 is 9.47 Å². The topological polar surface area (TPSA) is 38.8 Å². The number of rotatable bonds is 2. The molecule has 1 aliphatic rings. The highest BCUT2D eigenvalue weighted by Gasteiger charge is 2.59. The van der Waals surface area contributed by atoms with Crippen LogP contribution >= 0.6 is 0 Å². The van der Waals surface area contributed by atoms with Crippen molar-refractivity contribution in [2.75, 3.05) is 7.11 Å². The van der Waals surface area contributed by atoms with Crippen molar-refractivity contribution in [2.45, 2.75) is 18.6 Å². The molecule has 1 saturated heterocycles. The molecule has 0 bridgehead atoms. The van der Waals surface area contributed by atoms with E-state index in [9.17, 15) is 13.6 Å². The molecule has 0 amide bonds. The second kappa shape index (κ2) is 3.52. The van der Waals surface area contributed by atoms with Gasteiger partial charge in [-0.25, -0.2) is 13.6 Å². The zero-order valence-corrected chi connectivity index (χ0v) is 8.79. The van der Waals surface area contributed by atoms with Crippen LogP contribution in [-0.4, -0.2) is 19.2 Å². The molecule has 1 aromatic carbocycles. The number of halogens is 2. The van der Waals surface area contributed by atoms with Crippen LogP contribution < -0.4 is 0 Å². The quantitative estimate of drug-likeness (QED) is 0.571. The molecule has 0 saturated carbocycles. The number of carbonyl (C=O) groups is 1. The van der Waals surface area contributed by atoms with Gasteiger partial charge in [-0.05, 0) is 24.6 Å². The lowest BCUT2D eigenvalue weighted by atomic mass is 9.97. The van der Waals surface area contributed by atoms with Gasteiger partial charge in [0.05, 0.1) is 7.11 Å². The molecular formula is C11H10F2O3. The lowest BCUT2D eigenvalue weighted by Crippen LogP contribution is -2.17. The van der Waals surface area contributed by atoms with Gasteiger partial charge in [-0.3, -0.25) is 0 Å². The molecule has 0 aromatic heterocycles. The van der Waals surface area contributed by atoms with Gasteiger partial charge >= 0.3 is 5.97 Å². The number of methoxy groups -OCH3 is 1. The lowest BCUT2D eigenvalue weighted by Gasteiger charge is -2.06. The predicted octanol–water partition coefficient (Wildman–Crippen LogP) is 1.75. The molecule has 0 spiro atoms. The van der Waals surface area contributed by atoms with Crippen LogP contribution in [0.25, 0.3) is 0 Å². The molecule has 86 valence electrons. The molecule has 1 aliphatic heterocycles. The molecular weight excluding hydrogens is 218 g/mol. The van der Waals surface area contributed by atoms with Crippen molar-refractivity contribution in [2.24, 2.45) is 0 Å². The number of benzene rings is 1. The smallest absolute Gasteiger partial charge is 0.338 e. The molecule has 5 heteroatoms. The Labute approximate surface area is 91.0 Å². The van der Waals surface area contributed by atoms with Gasteiger partial charge in [0.15, 0.2) is 6.10 Å². The Hall–Kier alpha value is -1.49. The second-order valence-corrected chi connectivity index (χ2v) is 3.79. The number of hydrogen-bond donors (Lipinski definition) is 0. The molecule has 0 radical (unpaired) electrons. The zero-order chi connectivity index (χ0) is 11.9. The average Bonchev–Trinajstić information content (AvgIpc) is 2.90. The molecule has 0 aliphatic carbocycles. The second-order valence-electron chi connectivity index (χ2n) is 3.79. The van der Waals surface area contributed by atoms with Crippen LogP contribution in [0.15, 0.2) is 18.2 Å². The summed E-state index contributed by atoms with van der Waals surface area (Å²) >= 11 is 0. The number of hydrogen-bond acceptors (Lipinski definition) is 3. The summed E-state index contributed by atoms with van der Waals surface area (Å²) in [6.07, 6.45) is -0.793. The number of carbonyl (C=O) groups excluding carboxylic acids is 1. The lowest BCUT2D eigenvalue weighted by molar-refractivity contribution is -0.142. The van der Waals surface area contributed by atoms with E-state index in [0.29, 0.717) is 5.56 Å². The van der Waals surface area contributed by atoms with E-state index >= 15 is 0 Å². The van der Waals surface area contributed by atoms with E-state index < -0.39 is 29.3 Å². The van der Waals surface area contributed by atoms with Gasteiger partial charge in [-0.2, -0.15) is 0 Å². The molecule has 1 fully saturated rings. The summed E-state index contributed by atoms with van der Waals surface area (Å²) in [4.78, 5) is 11.2. The normalized spacial score (nSPS) is 27.6. The Morgan fingerprint density at radius 2 is 1.94 bits per heavy atom. The maximum absolute atomic E-state index is 13.0. The fraction of sp³-hybridized carbons (Fsp3) is 0.364. The van der Waals surface area contributed by atoms with Crippen LogP contribution in [0.4, 0.5) is 8.78 Å². The third kappa shape index (κ3) is 1.67. The summed E-state index contributed by atoms with van der Waals surface area (Å²) in [5, 5.41) is 0. The predicted molar refractivity (Wildman–Crippen MR) is 50.6 cm³/mol. The first-order valence-electron chi connectivity index (χ1n) is 4.69. The number of ether oxygens (including phenoxy) is 2. The van der Waals surface area contributed by atoms with Gasteiger partial charge in [0.25, 0.3) is 0 Å². The van der Waals surface area contributed by atoms with E-state index in [1.165, 1.54) is 7.11 Å². The number of esters is 1. The number of epoxide rings is 1. The highest BCUT2D eigenvalue weighted by atomic mass is 19.1. The third-order valence-electron chi connectivity index (χ3n) is 2.66. The SMILES string of the molecule is COC(=O)C1OC1(C)c1cc(F)cc(F)c1. The maximum atomic E-state index is 13.0. The summed E-state index contributed by atoms with van der Waals surface area (Å²) in [5.74, 6) is -1.95. The first kappa shape index (κ1) is 11.0. The molecule has 0 N–H and O–H groups in total. The molecule has 2 atom stereocenters. The highest BCUT2D eigenvalue weighted by Crippen LogP contribution is 2.46. The molecule has 16 heavy (non-hydrogen) atoms. The fourth-order valence-electron chi connectivity index (χ4n) is 1.65. The Balaban J connectivity index is 2.29. The van der Waals surface area contributed by atoms with Gasteiger partial charge in [0.2, 0.25) is 0 Å². The van der Waals surface area contributed by atoms with Crippen LogP contribution in [-0.2, 0) is 19.9 Å². The van der Waals surface area contributed by atoms with Crippen LogP contribution in [0.1, 0.15) is 12.5 Å². The largest absolute Gasteiger partial charge is 0.467 e. The average molecular weight is 228 g/mol.